The summed E-state index contributed by atoms with van der Waals surface area (Å²) in [7, 11) is 1.67. The number of rotatable bonds is 7. The Balaban J connectivity index is 2.42. The van der Waals surface area contributed by atoms with E-state index in [0.29, 0.717) is 6.61 Å². The van der Waals surface area contributed by atoms with Gasteiger partial charge in [0.25, 0.3) is 0 Å². The Kier molecular flexibility index (Phi) is 6.26. The molecule has 1 rings (SSSR count). The largest absolute Gasteiger partial charge is 0.495 e. The van der Waals surface area contributed by atoms with E-state index in [9.17, 15) is 0 Å². The van der Waals surface area contributed by atoms with Crippen LogP contribution in [0.3, 0.4) is 0 Å². The lowest BCUT2D eigenvalue weighted by Crippen LogP contribution is -2.10. The van der Waals surface area contributed by atoms with Gasteiger partial charge in [-0.3, -0.25) is 0 Å². The standard InChI is InChI=1S/C12H18BrNO2/c1-3-7-16-8-6-14-11-9-10(13)4-5-12(11)15-2/h4-5,9,14H,3,6-8H2,1-2H3. The van der Waals surface area contributed by atoms with Crippen molar-refractivity contribution in [2.75, 3.05) is 32.2 Å². The third-order valence-corrected chi connectivity index (χ3v) is 2.57. The van der Waals surface area contributed by atoms with Crippen molar-refractivity contribution < 1.29 is 9.47 Å². The van der Waals surface area contributed by atoms with E-state index in [1.807, 2.05) is 18.2 Å². The van der Waals surface area contributed by atoms with E-state index in [1.165, 1.54) is 0 Å². The summed E-state index contributed by atoms with van der Waals surface area (Å²) in [6.07, 6.45) is 1.06. The topological polar surface area (TPSA) is 30.5 Å². The maximum Gasteiger partial charge on any atom is 0.142 e. The number of halogens is 1. The van der Waals surface area contributed by atoms with Gasteiger partial charge in [-0.25, -0.2) is 0 Å². The van der Waals surface area contributed by atoms with Crippen molar-refractivity contribution in [1.82, 2.24) is 0 Å². The van der Waals surface area contributed by atoms with Gasteiger partial charge in [0.15, 0.2) is 0 Å². The predicted molar refractivity (Wildman–Crippen MR) is 70.3 cm³/mol. The first kappa shape index (κ1) is 13.3. The zero-order valence-electron chi connectivity index (χ0n) is 9.75. The number of ether oxygens (including phenoxy) is 2. The first-order valence-electron chi connectivity index (χ1n) is 5.43. The van der Waals surface area contributed by atoms with E-state index in [4.69, 9.17) is 9.47 Å². The fraction of sp³-hybridized carbons (Fsp3) is 0.500. The molecule has 0 heterocycles. The molecule has 3 nitrogen and oxygen atoms in total. The molecule has 0 radical (unpaired) electrons. The highest BCUT2D eigenvalue weighted by Gasteiger charge is 2.02. The molecule has 4 heteroatoms. The highest BCUT2D eigenvalue weighted by Crippen LogP contribution is 2.27. The fourth-order valence-electron chi connectivity index (χ4n) is 1.32. The Morgan fingerprint density at radius 1 is 1.31 bits per heavy atom. The van der Waals surface area contributed by atoms with Crippen LogP contribution in [0.5, 0.6) is 5.75 Å². The molecule has 1 N–H and O–H groups in total. The van der Waals surface area contributed by atoms with Crippen molar-refractivity contribution in [2.45, 2.75) is 13.3 Å². The Bertz CT molecular complexity index is 318. The van der Waals surface area contributed by atoms with Gasteiger partial charge in [0.05, 0.1) is 19.4 Å². The lowest BCUT2D eigenvalue weighted by atomic mass is 10.3. The molecule has 1 aromatic rings. The Morgan fingerprint density at radius 3 is 2.81 bits per heavy atom. The van der Waals surface area contributed by atoms with Gasteiger partial charge >= 0.3 is 0 Å². The number of hydrogen-bond acceptors (Lipinski definition) is 3. The monoisotopic (exact) mass is 287 g/mol. The zero-order chi connectivity index (χ0) is 11.8. The second-order valence-corrected chi connectivity index (χ2v) is 4.30. The van der Waals surface area contributed by atoms with Crippen LogP contribution in [0.4, 0.5) is 5.69 Å². The summed E-state index contributed by atoms with van der Waals surface area (Å²) in [6.45, 7) is 4.42. The van der Waals surface area contributed by atoms with Crippen LogP contribution in [-0.2, 0) is 4.74 Å². The Morgan fingerprint density at radius 2 is 2.12 bits per heavy atom. The molecule has 0 aliphatic carbocycles. The number of methoxy groups -OCH3 is 1. The molecule has 0 aromatic heterocycles. The van der Waals surface area contributed by atoms with Crippen LogP contribution in [0, 0.1) is 0 Å². The highest BCUT2D eigenvalue weighted by molar-refractivity contribution is 9.10. The summed E-state index contributed by atoms with van der Waals surface area (Å²) in [5.41, 5.74) is 0.983. The van der Waals surface area contributed by atoms with Crippen molar-refractivity contribution in [3.05, 3.63) is 22.7 Å². The van der Waals surface area contributed by atoms with Gasteiger partial charge in [-0.2, -0.15) is 0 Å². The second kappa shape index (κ2) is 7.52. The molecule has 0 unspecified atom stereocenters. The number of nitrogens with one attached hydrogen (secondary N) is 1. The lowest BCUT2D eigenvalue weighted by Gasteiger charge is -2.11. The van der Waals surface area contributed by atoms with Gasteiger partial charge in [0.2, 0.25) is 0 Å². The van der Waals surface area contributed by atoms with E-state index in [1.54, 1.807) is 7.11 Å². The van der Waals surface area contributed by atoms with Crippen LogP contribution in [0.2, 0.25) is 0 Å². The quantitative estimate of drug-likeness (QED) is 0.781. The minimum atomic E-state index is 0.712. The van der Waals surface area contributed by atoms with Gasteiger partial charge in [0.1, 0.15) is 5.75 Å². The molecule has 0 aliphatic rings. The molecule has 0 bridgehead atoms. The molecule has 0 saturated heterocycles. The van der Waals surface area contributed by atoms with E-state index in [-0.39, 0.29) is 0 Å². The molecule has 16 heavy (non-hydrogen) atoms. The molecule has 0 atom stereocenters. The molecule has 0 spiro atoms. The minimum absolute atomic E-state index is 0.712. The van der Waals surface area contributed by atoms with Crippen molar-refractivity contribution >= 4 is 21.6 Å². The summed E-state index contributed by atoms with van der Waals surface area (Å²) in [5.74, 6) is 0.846. The maximum absolute atomic E-state index is 5.39. The van der Waals surface area contributed by atoms with Gasteiger partial charge in [-0.15, -0.1) is 0 Å². The van der Waals surface area contributed by atoms with E-state index >= 15 is 0 Å². The van der Waals surface area contributed by atoms with E-state index in [0.717, 1.165) is 35.5 Å². The van der Waals surface area contributed by atoms with Crippen LogP contribution >= 0.6 is 15.9 Å². The molecule has 1 aromatic carbocycles. The summed E-state index contributed by atoms with van der Waals surface area (Å²) >= 11 is 3.43. The molecular formula is C12H18BrNO2. The van der Waals surface area contributed by atoms with Gasteiger partial charge in [-0.1, -0.05) is 22.9 Å². The molecule has 0 fully saturated rings. The Labute approximate surface area is 105 Å². The zero-order valence-corrected chi connectivity index (χ0v) is 11.3. The van der Waals surface area contributed by atoms with E-state index < -0.39 is 0 Å². The summed E-state index contributed by atoms with van der Waals surface area (Å²) in [6, 6.07) is 5.88. The number of benzene rings is 1. The highest BCUT2D eigenvalue weighted by atomic mass is 79.9. The predicted octanol–water partition coefficient (Wildman–Crippen LogP) is 3.30. The molecule has 90 valence electrons. The third kappa shape index (κ3) is 4.41. The van der Waals surface area contributed by atoms with Gasteiger partial charge in [0, 0.05) is 17.6 Å². The number of hydrogen-bond donors (Lipinski definition) is 1. The van der Waals surface area contributed by atoms with Crippen molar-refractivity contribution in [3.63, 3.8) is 0 Å². The first-order valence-corrected chi connectivity index (χ1v) is 6.22. The second-order valence-electron chi connectivity index (χ2n) is 3.38. The first-order chi connectivity index (χ1) is 7.77. The minimum Gasteiger partial charge on any atom is -0.495 e. The average molecular weight is 288 g/mol. The third-order valence-electron chi connectivity index (χ3n) is 2.07. The average Bonchev–Trinajstić information content (AvgIpc) is 2.29. The van der Waals surface area contributed by atoms with Gasteiger partial charge in [-0.05, 0) is 24.6 Å². The summed E-state index contributed by atoms with van der Waals surface area (Å²) in [4.78, 5) is 0. The van der Waals surface area contributed by atoms with Crippen LogP contribution in [0.15, 0.2) is 22.7 Å². The fourth-order valence-corrected chi connectivity index (χ4v) is 1.68. The lowest BCUT2D eigenvalue weighted by molar-refractivity contribution is 0.144. The number of anilines is 1. The van der Waals surface area contributed by atoms with Crippen molar-refractivity contribution in [3.8, 4) is 5.75 Å². The van der Waals surface area contributed by atoms with E-state index in [2.05, 4.69) is 28.2 Å². The van der Waals surface area contributed by atoms with Crippen LogP contribution in [0.1, 0.15) is 13.3 Å². The smallest absolute Gasteiger partial charge is 0.142 e. The molecule has 0 saturated carbocycles. The normalized spacial score (nSPS) is 10.2. The van der Waals surface area contributed by atoms with Crippen LogP contribution in [0.25, 0.3) is 0 Å². The summed E-state index contributed by atoms with van der Waals surface area (Å²) < 4.78 is 11.7. The molecule has 0 amide bonds. The van der Waals surface area contributed by atoms with Crippen molar-refractivity contribution in [1.29, 1.82) is 0 Å². The van der Waals surface area contributed by atoms with Crippen LogP contribution < -0.4 is 10.1 Å². The van der Waals surface area contributed by atoms with Crippen molar-refractivity contribution in [2.24, 2.45) is 0 Å². The maximum atomic E-state index is 5.39. The van der Waals surface area contributed by atoms with Crippen LogP contribution in [-0.4, -0.2) is 26.9 Å². The molecular weight excluding hydrogens is 270 g/mol. The summed E-state index contributed by atoms with van der Waals surface area (Å²) in [5, 5.41) is 3.28. The Hall–Kier alpha value is -0.740. The molecule has 0 aliphatic heterocycles. The SMILES string of the molecule is CCCOCCNc1cc(Br)ccc1OC. The van der Waals surface area contributed by atoms with Gasteiger partial charge < -0.3 is 14.8 Å².